The van der Waals surface area contributed by atoms with Crippen LogP contribution in [0.3, 0.4) is 0 Å². The highest BCUT2D eigenvalue weighted by Gasteiger charge is 2.33. The normalized spacial score (nSPS) is 13.8. The number of hydrogen-bond acceptors (Lipinski definition) is 16. The quantitative estimate of drug-likeness (QED) is 0.0140. The van der Waals surface area contributed by atoms with E-state index in [2.05, 4.69) is 0 Å². The molecule has 0 fully saturated rings. The molecule has 7 aromatic rings. The number of hydrogen-bond donors (Lipinski definition) is 1. The van der Waals surface area contributed by atoms with Crippen LogP contribution < -0.4 is 19.3 Å². The number of non-ortho nitro benzene ring substituents is 2. The van der Waals surface area contributed by atoms with Gasteiger partial charge in [0.15, 0.2) is 0 Å². The number of fused-ring (bicyclic) bond motifs is 2. The van der Waals surface area contributed by atoms with Crippen LogP contribution in [0.4, 0.5) is 22.7 Å². The first kappa shape index (κ1) is 64.5. The molecule has 0 spiro atoms. The van der Waals surface area contributed by atoms with Crippen molar-refractivity contribution in [2.75, 3.05) is 89.1 Å². The van der Waals surface area contributed by atoms with Gasteiger partial charge >= 0.3 is 0 Å². The average Bonchev–Trinajstić information content (AvgIpc) is 2.61. The number of amides is 2. The van der Waals surface area contributed by atoms with Gasteiger partial charge in [-0.25, -0.2) is 0 Å². The number of nitro benzene ring substituents is 2. The van der Waals surface area contributed by atoms with Crippen molar-refractivity contribution in [3.63, 3.8) is 0 Å². The molecule has 0 unspecified atom stereocenters. The Bertz CT molecular complexity index is 3700. The Balaban J connectivity index is 0.000000234. The number of rotatable bonds is 31. The van der Waals surface area contributed by atoms with E-state index in [4.69, 9.17) is 37.7 Å². The van der Waals surface area contributed by atoms with Gasteiger partial charge < -0.3 is 43.3 Å². The second-order valence-corrected chi connectivity index (χ2v) is 21.3. The number of carbonyl (C=O) groups excluding carboxylic acids is 2. The van der Waals surface area contributed by atoms with E-state index in [-0.39, 0.29) is 54.5 Å². The Kier molecular flexibility index (Phi) is 24.1. The van der Waals surface area contributed by atoms with Crippen molar-refractivity contribution in [1.29, 1.82) is 0 Å². The number of nitro groups is 2. The molecule has 0 saturated carbocycles. The number of carbonyl (C=O) groups is 2. The molecule has 2 amide bonds. The summed E-state index contributed by atoms with van der Waals surface area (Å²) in [6.45, 7) is 5.98. The third kappa shape index (κ3) is 18.8. The van der Waals surface area contributed by atoms with Crippen LogP contribution in [0.5, 0.6) is 11.5 Å². The Morgan fingerprint density at radius 1 is 0.477 bits per heavy atom. The smallest absolute Gasteiger partial charge is 0.297 e. The lowest BCUT2D eigenvalue weighted by Crippen LogP contribution is -2.25. The molecular weight excluding hydrogens is 1150 g/mol. The molecule has 0 saturated heterocycles. The summed E-state index contributed by atoms with van der Waals surface area (Å²) < 4.78 is 62.3. The van der Waals surface area contributed by atoms with Crippen molar-refractivity contribution in [2.45, 2.75) is 24.9 Å². The summed E-state index contributed by atoms with van der Waals surface area (Å²) in [4.78, 5) is 51.3. The van der Waals surface area contributed by atoms with Gasteiger partial charge in [0.1, 0.15) is 24.7 Å². The summed E-state index contributed by atoms with van der Waals surface area (Å²) in [6.07, 6.45) is 10.7. The minimum absolute atomic E-state index is 0.00112. The zero-order chi connectivity index (χ0) is 62.1. The number of aryl methyl sites for hydroxylation is 1. The summed E-state index contributed by atoms with van der Waals surface area (Å²) in [5, 5.41) is 30.4. The van der Waals surface area contributed by atoms with Gasteiger partial charge in [-0.2, -0.15) is 8.42 Å². The predicted octanol–water partition coefficient (Wildman–Crippen LogP) is 11.0. The van der Waals surface area contributed by atoms with Gasteiger partial charge in [0.05, 0.1) is 105 Å². The Hall–Kier alpha value is -9.45. The van der Waals surface area contributed by atoms with Crippen LogP contribution in [0.15, 0.2) is 199 Å². The average molecular weight is 1220 g/mol. The molecule has 88 heavy (non-hydrogen) atoms. The van der Waals surface area contributed by atoms with E-state index in [1.54, 1.807) is 76.6 Å². The highest BCUT2D eigenvalue weighted by atomic mass is 32.2. The van der Waals surface area contributed by atoms with Gasteiger partial charge in [-0.3, -0.25) is 34.0 Å². The maximum absolute atomic E-state index is 13.5. The van der Waals surface area contributed by atoms with Crippen LogP contribution >= 0.6 is 0 Å². The van der Waals surface area contributed by atoms with Crippen molar-refractivity contribution in [3.05, 3.63) is 253 Å². The molecule has 0 atom stereocenters. The monoisotopic (exact) mass is 1210 g/mol. The summed E-state index contributed by atoms with van der Waals surface area (Å²) >= 11 is 0. The lowest BCUT2D eigenvalue weighted by Gasteiger charge is -2.17. The van der Waals surface area contributed by atoms with Crippen LogP contribution in [-0.2, 0) is 55.9 Å². The lowest BCUT2D eigenvalue weighted by molar-refractivity contribution is -0.385. The fourth-order valence-corrected chi connectivity index (χ4v) is 9.94. The van der Waals surface area contributed by atoms with Crippen LogP contribution in [-0.4, -0.2) is 114 Å². The van der Waals surface area contributed by atoms with Crippen molar-refractivity contribution < 1.29 is 65.6 Å². The molecule has 7 aromatic carbocycles. The Morgan fingerprint density at radius 3 is 1.27 bits per heavy atom. The highest BCUT2D eigenvalue weighted by Crippen LogP contribution is 2.39. The van der Waals surface area contributed by atoms with Crippen LogP contribution in [0.25, 0.3) is 23.3 Å². The fourth-order valence-electron chi connectivity index (χ4n) is 9.04. The second-order valence-electron chi connectivity index (χ2n) is 19.6. The van der Waals surface area contributed by atoms with Gasteiger partial charge in [-0.1, -0.05) is 103 Å². The highest BCUT2D eigenvalue weighted by molar-refractivity contribution is 7.86. The molecule has 456 valence electrons. The fraction of sp³-hybridized carbons (Fsp3) is 0.224. The third-order valence-corrected chi connectivity index (χ3v) is 14.8. The number of allylic oxidation sites excluding steroid dienone is 4. The predicted molar refractivity (Wildman–Crippen MR) is 334 cm³/mol. The van der Waals surface area contributed by atoms with Crippen LogP contribution in [0.1, 0.15) is 38.9 Å². The molecule has 21 heteroatoms. The van der Waals surface area contributed by atoms with E-state index >= 15 is 0 Å². The van der Waals surface area contributed by atoms with Crippen molar-refractivity contribution in [3.8, 4) is 11.5 Å². The van der Waals surface area contributed by atoms with Crippen LogP contribution in [0, 0.1) is 27.2 Å². The van der Waals surface area contributed by atoms with E-state index < -0.39 is 20.0 Å². The first-order chi connectivity index (χ1) is 42.8. The van der Waals surface area contributed by atoms with Gasteiger partial charge in [0.2, 0.25) is 0 Å². The number of nitrogens with zero attached hydrogens (tertiary/aromatic N) is 4. The standard InChI is InChI=1S/C37H36N2O9S.C30H30N2O7/c1-28-9-19-33(20-10-28)49(43,44)48-26-24-46-22-21-45-23-25-47-32-17-13-30(14-18-32)27-38-36-8-3-2-6-34(36)35(37(38)40)7-4-5-29-11-15-31(16-12-29)39(41)42;33-16-17-37-18-19-38-20-21-39-26-14-10-24(11-15-26)22-31-29-7-2-1-5-27(29)28(30(31)34)6-3-4-23-8-12-25(13-9-23)32(35)36/h2-20H,21-27H2,1H3;1-15,33H,16-22H2. The van der Waals surface area contributed by atoms with Crippen molar-refractivity contribution >= 4 is 68.0 Å². The maximum atomic E-state index is 13.5. The zero-order valence-corrected chi connectivity index (χ0v) is 49.1. The SMILES string of the molecule is Cc1ccc(S(=O)(=O)OCCOCCOCCOc2ccc(CN3C(=O)C(=CC=Cc4ccc([N+](=O)[O-])cc4)c4ccccc43)cc2)cc1.O=C1C(=CC=Cc2ccc([N+](=O)[O-])cc2)c2ccccc2N1Cc1ccc(OCCOCCOCCO)cc1. The van der Waals surface area contributed by atoms with E-state index in [9.17, 15) is 38.2 Å². The van der Waals surface area contributed by atoms with E-state index in [0.29, 0.717) is 88.6 Å². The molecule has 0 aromatic heterocycles. The lowest BCUT2D eigenvalue weighted by atomic mass is 10.1. The van der Waals surface area contributed by atoms with Crippen molar-refractivity contribution in [2.24, 2.45) is 0 Å². The second kappa shape index (κ2) is 32.9. The van der Waals surface area contributed by atoms with E-state index in [0.717, 1.165) is 50.3 Å². The topological polar surface area (TPSA) is 246 Å². The first-order valence-electron chi connectivity index (χ1n) is 28.2. The van der Waals surface area contributed by atoms with Gasteiger partial charge in [-0.15, -0.1) is 0 Å². The number of ether oxygens (including phenoxy) is 6. The molecule has 0 radical (unpaired) electrons. The zero-order valence-electron chi connectivity index (χ0n) is 48.3. The summed E-state index contributed by atoms with van der Waals surface area (Å²) in [5.74, 6) is 1.17. The third-order valence-electron chi connectivity index (χ3n) is 13.5. The number of aliphatic hydroxyl groups is 1. The minimum Gasteiger partial charge on any atom is -0.491 e. The van der Waals surface area contributed by atoms with Crippen molar-refractivity contribution in [1.82, 2.24) is 0 Å². The maximum Gasteiger partial charge on any atom is 0.297 e. The Labute approximate surface area is 510 Å². The number of para-hydroxylation sites is 2. The molecule has 9 rings (SSSR count). The molecule has 2 heterocycles. The number of benzene rings is 7. The Morgan fingerprint density at radius 2 is 0.864 bits per heavy atom. The van der Waals surface area contributed by atoms with E-state index in [1.807, 2.05) is 110 Å². The number of aliphatic hydroxyl groups excluding tert-OH is 1. The number of anilines is 2. The molecular formula is C67H66N4O16S. The molecule has 1 N–H and O–H groups in total. The molecule has 0 bridgehead atoms. The molecule has 2 aliphatic rings. The van der Waals surface area contributed by atoms with Gasteiger partial charge in [0.25, 0.3) is 33.3 Å². The van der Waals surface area contributed by atoms with E-state index in [1.165, 1.54) is 36.4 Å². The molecule has 2 aliphatic heterocycles. The summed E-state index contributed by atoms with van der Waals surface area (Å²) in [5.41, 5.74) is 9.02. The van der Waals surface area contributed by atoms with Gasteiger partial charge in [-0.05, 0) is 114 Å². The van der Waals surface area contributed by atoms with Crippen LogP contribution in [0.2, 0.25) is 0 Å². The molecule has 0 aliphatic carbocycles. The van der Waals surface area contributed by atoms with Gasteiger partial charge in [0, 0.05) is 46.5 Å². The molecule has 20 nitrogen and oxygen atoms in total. The minimum atomic E-state index is -3.81. The largest absolute Gasteiger partial charge is 0.491 e. The summed E-state index contributed by atoms with van der Waals surface area (Å²) in [6, 6.07) is 49.3. The summed E-state index contributed by atoms with van der Waals surface area (Å²) in [7, 11) is -3.81. The first-order valence-corrected chi connectivity index (χ1v) is 29.6.